The molecule has 2 amide bonds. The number of carbonyl (C=O) groups excluding carboxylic acids is 1. The van der Waals surface area contributed by atoms with E-state index in [2.05, 4.69) is 10.6 Å². The number of urea groups is 1. The molecule has 0 radical (unpaired) electrons. The van der Waals surface area contributed by atoms with Crippen LogP contribution in [0.5, 0.6) is 5.75 Å². The highest BCUT2D eigenvalue weighted by atomic mass is 19.1. The fourth-order valence-corrected chi connectivity index (χ4v) is 2.88. The lowest BCUT2D eigenvalue weighted by Crippen LogP contribution is -2.20. The van der Waals surface area contributed by atoms with Gasteiger partial charge in [0, 0.05) is 22.9 Å². The summed E-state index contributed by atoms with van der Waals surface area (Å²) in [5.41, 5.74) is 1.49. The van der Waals surface area contributed by atoms with Crippen LogP contribution in [0.15, 0.2) is 59.0 Å². The fraction of sp³-hybridized carbons (Fsp3) is 0.0500. The number of hydrogen-bond acceptors (Lipinski definition) is 3. The first kappa shape index (κ1) is 16.8. The minimum absolute atomic E-state index is 0.141. The number of nitrogens with one attached hydrogen (secondary N) is 2. The number of methoxy groups -OCH3 is 1. The molecular weight excluding hydrogens is 354 g/mol. The second kappa shape index (κ2) is 6.60. The van der Waals surface area contributed by atoms with E-state index in [4.69, 9.17) is 9.15 Å². The molecule has 0 saturated heterocycles. The van der Waals surface area contributed by atoms with Crippen molar-refractivity contribution in [2.75, 3.05) is 17.7 Å². The molecule has 0 atom stereocenters. The van der Waals surface area contributed by atoms with Crippen LogP contribution in [0.4, 0.5) is 25.0 Å². The second-order valence-corrected chi connectivity index (χ2v) is 5.85. The maximum atomic E-state index is 13.7. The van der Waals surface area contributed by atoms with Crippen molar-refractivity contribution in [3.05, 3.63) is 66.2 Å². The molecule has 0 aliphatic heterocycles. The number of amides is 2. The molecule has 4 rings (SSSR count). The maximum Gasteiger partial charge on any atom is 0.323 e. The molecule has 7 heteroatoms. The van der Waals surface area contributed by atoms with E-state index < -0.39 is 17.7 Å². The third-order valence-corrected chi connectivity index (χ3v) is 4.13. The number of hydrogen-bond donors (Lipinski definition) is 2. The highest BCUT2D eigenvalue weighted by molar-refractivity contribution is 6.08. The van der Waals surface area contributed by atoms with E-state index in [9.17, 15) is 13.6 Å². The maximum absolute atomic E-state index is 13.7. The third kappa shape index (κ3) is 3.15. The van der Waals surface area contributed by atoms with Gasteiger partial charge in [-0.2, -0.15) is 0 Å². The summed E-state index contributed by atoms with van der Waals surface area (Å²) >= 11 is 0. The molecule has 4 aromatic rings. The van der Waals surface area contributed by atoms with Gasteiger partial charge >= 0.3 is 6.03 Å². The molecule has 0 aliphatic rings. The number of anilines is 2. The summed E-state index contributed by atoms with van der Waals surface area (Å²) in [6.45, 7) is 0. The Hall–Kier alpha value is -3.61. The van der Waals surface area contributed by atoms with Crippen LogP contribution in [-0.2, 0) is 0 Å². The molecule has 3 aromatic carbocycles. The Balaban J connectivity index is 1.66. The number of rotatable bonds is 3. The Morgan fingerprint density at radius 1 is 0.926 bits per heavy atom. The number of fused-ring (bicyclic) bond motifs is 3. The minimum atomic E-state index is -0.871. The SMILES string of the molecule is COc1cc2c(cc1NC(=O)Nc1ccc(F)cc1F)oc1ccccc12. The van der Waals surface area contributed by atoms with Crippen LogP contribution in [0.25, 0.3) is 21.9 Å². The van der Waals surface area contributed by atoms with Gasteiger partial charge in [0.1, 0.15) is 28.5 Å². The van der Waals surface area contributed by atoms with Crippen LogP contribution in [0.2, 0.25) is 0 Å². The molecule has 2 N–H and O–H groups in total. The van der Waals surface area contributed by atoms with Crippen molar-refractivity contribution in [3.8, 4) is 5.75 Å². The van der Waals surface area contributed by atoms with Crippen LogP contribution in [0.1, 0.15) is 0 Å². The van der Waals surface area contributed by atoms with Gasteiger partial charge in [-0.3, -0.25) is 0 Å². The van der Waals surface area contributed by atoms with Crippen LogP contribution in [-0.4, -0.2) is 13.1 Å². The van der Waals surface area contributed by atoms with Gasteiger partial charge in [-0.15, -0.1) is 0 Å². The molecule has 0 aliphatic carbocycles. The lowest BCUT2D eigenvalue weighted by molar-refractivity contribution is 0.262. The topological polar surface area (TPSA) is 63.5 Å². The van der Waals surface area contributed by atoms with Gasteiger partial charge < -0.3 is 19.8 Å². The molecule has 0 spiro atoms. The fourth-order valence-electron chi connectivity index (χ4n) is 2.88. The Kier molecular flexibility index (Phi) is 4.12. The monoisotopic (exact) mass is 368 g/mol. The summed E-state index contributed by atoms with van der Waals surface area (Å²) in [6.07, 6.45) is 0. The molecule has 0 bridgehead atoms. The average molecular weight is 368 g/mol. The Bertz CT molecular complexity index is 1170. The molecule has 0 fully saturated rings. The van der Waals surface area contributed by atoms with Crippen LogP contribution < -0.4 is 15.4 Å². The lowest BCUT2D eigenvalue weighted by Gasteiger charge is -2.12. The van der Waals surface area contributed by atoms with Crippen molar-refractivity contribution in [3.63, 3.8) is 0 Å². The number of carbonyl (C=O) groups is 1. The lowest BCUT2D eigenvalue weighted by atomic mass is 10.1. The largest absolute Gasteiger partial charge is 0.495 e. The molecule has 27 heavy (non-hydrogen) atoms. The average Bonchev–Trinajstić information content (AvgIpc) is 3.00. The van der Waals surface area contributed by atoms with E-state index in [1.165, 1.54) is 7.11 Å². The first-order valence-corrected chi connectivity index (χ1v) is 8.07. The molecular formula is C20H14F2N2O3. The zero-order chi connectivity index (χ0) is 19.0. The molecule has 136 valence electrons. The second-order valence-electron chi connectivity index (χ2n) is 5.85. The quantitative estimate of drug-likeness (QED) is 0.501. The van der Waals surface area contributed by atoms with E-state index in [1.807, 2.05) is 24.3 Å². The minimum Gasteiger partial charge on any atom is -0.495 e. The summed E-state index contributed by atoms with van der Waals surface area (Å²) in [7, 11) is 1.48. The molecule has 5 nitrogen and oxygen atoms in total. The zero-order valence-electron chi connectivity index (χ0n) is 14.2. The van der Waals surface area contributed by atoms with E-state index in [1.54, 1.807) is 12.1 Å². The Morgan fingerprint density at radius 3 is 2.48 bits per heavy atom. The Labute approximate surface area is 152 Å². The van der Waals surface area contributed by atoms with Crippen LogP contribution in [0, 0.1) is 11.6 Å². The van der Waals surface area contributed by atoms with Crippen molar-refractivity contribution >= 4 is 39.3 Å². The normalized spacial score (nSPS) is 10.9. The number of benzene rings is 3. The van der Waals surface area contributed by atoms with Gasteiger partial charge in [0.05, 0.1) is 18.5 Å². The van der Waals surface area contributed by atoms with Crippen molar-refractivity contribution in [1.82, 2.24) is 0 Å². The Morgan fingerprint density at radius 2 is 1.70 bits per heavy atom. The van der Waals surface area contributed by atoms with E-state index in [0.717, 1.165) is 22.9 Å². The van der Waals surface area contributed by atoms with E-state index in [0.29, 0.717) is 28.7 Å². The van der Waals surface area contributed by atoms with Crippen LogP contribution >= 0.6 is 0 Å². The summed E-state index contributed by atoms with van der Waals surface area (Å²) in [6, 6.07) is 13.1. The van der Waals surface area contributed by atoms with Gasteiger partial charge in [0.25, 0.3) is 0 Å². The van der Waals surface area contributed by atoms with Gasteiger partial charge in [-0.05, 0) is 24.3 Å². The van der Waals surface area contributed by atoms with Gasteiger partial charge in [0.15, 0.2) is 0 Å². The predicted molar refractivity (Wildman–Crippen MR) is 99.3 cm³/mol. The number of ether oxygens (including phenoxy) is 1. The van der Waals surface area contributed by atoms with Gasteiger partial charge in [-0.1, -0.05) is 18.2 Å². The van der Waals surface area contributed by atoms with Gasteiger partial charge in [-0.25, -0.2) is 13.6 Å². The van der Waals surface area contributed by atoms with Crippen molar-refractivity contribution in [2.45, 2.75) is 0 Å². The smallest absolute Gasteiger partial charge is 0.323 e. The highest BCUT2D eigenvalue weighted by Crippen LogP contribution is 2.36. The number of para-hydroxylation sites is 1. The molecule has 1 aromatic heterocycles. The van der Waals surface area contributed by atoms with Gasteiger partial charge in [0.2, 0.25) is 0 Å². The zero-order valence-corrected chi connectivity index (χ0v) is 14.2. The first-order valence-electron chi connectivity index (χ1n) is 8.07. The van der Waals surface area contributed by atoms with Crippen molar-refractivity contribution in [2.24, 2.45) is 0 Å². The van der Waals surface area contributed by atoms with Crippen LogP contribution in [0.3, 0.4) is 0 Å². The van der Waals surface area contributed by atoms with Crippen molar-refractivity contribution < 1.29 is 22.7 Å². The summed E-state index contributed by atoms with van der Waals surface area (Å²) in [4.78, 5) is 12.2. The van der Waals surface area contributed by atoms with Crippen molar-refractivity contribution in [1.29, 1.82) is 0 Å². The molecule has 1 heterocycles. The third-order valence-electron chi connectivity index (χ3n) is 4.13. The summed E-state index contributed by atoms with van der Waals surface area (Å²) in [5, 5.41) is 6.70. The number of halogens is 2. The molecule has 0 saturated carbocycles. The standard InChI is InChI=1S/C20H14F2N2O3/c1-26-19-9-13-12-4-2-3-5-17(12)27-18(13)10-16(19)24-20(25)23-15-7-6-11(21)8-14(15)22/h2-10H,1H3,(H2,23,24,25). The highest BCUT2D eigenvalue weighted by Gasteiger charge is 2.15. The summed E-state index contributed by atoms with van der Waals surface area (Å²) in [5.74, 6) is -1.18. The molecule has 0 unspecified atom stereocenters. The number of furan rings is 1. The first-order chi connectivity index (χ1) is 13.0. The summed E-state index contributed by atoms with van der Waals surface area (Å²) < 4.78 is 37.8. The van der Waals surface area contributed by atoms with E-state index in [-0.39, 0.29) is 5.69 Å². The van der Waals surface area contributed by atoms with E-state index >= 15 is 0 Å². The predicted octanol–water partition coefficient (Wildman–Crippen LogP) is 5.52.